The Hall–Kier alpha value is -2.22. The second-order valence-corrected chi connectivity index (χ2v) is 7.59. The van der Waals surface area contributed by atoms with Crippen LogP contribution in [0.5, 0.6) is 0 Å². The largest absolute Gasteiger partial charge is 0.442 e. The molecule has 1 unspecified atom stereocenters. The quantitative estimate of drug-likeness (QED) is 0.672. The van der Waals surface area contributed by atoms with Gasteiger partial charge >= 0.3 is 0 Å². The second kappa shape index (κ2) is 8.43. The van der Waals surface area contributed by atoms with Gasteiger partial charge in [0.1, 0.15) is 6.10 Å². The zero-order valence-electron chi connectivity index (χ0n) is 16.5. The Morgan fingerprint density at radius 1 is 1.39 bits per heavy atom. The van der Waals surface area contributed by atoms with Crippen LogP contribution in [0.15, 0.2) is 40.7 Å². The van der Waals surface area contributed by atoms with Gasteiger partial charge in [0.05, 0.1) is 18.4 Å². The molecule has 1 heterocycles. The second-order valence-electron chi connectivity index (χ2n) is 7.59. The number of nitrogens with zero attached hydrogens (tertiary/aromatic N) is 1. The lowest BCUT2D eigenvalue weighted by atomic mass is 9.79. The van der Waals surface area contributed by atoms with Gasteiger partial charge in [0.2, 0.25) is 5.78 Å². The first-order chi connectivity index (χ1) is 13.3. The summed E-state index contributed by atoms with van der Waals surface area (Å²) in [6.45, 7) is 5.74. The molecule has 152 valence electrons. The fourth-order valence-corrected chi connectivity index (χ4v) is 3.70. The summed E-state index contributed by atoms with van der Waals surface area (Å²) in [6.07, 6.45) is -2.70. The molecule has 1 aromatic carbocycles. The third kappa shape index (κ3) is 4.11. The molecule has 4 atom stereocenters. The number of fused-ring (bicyclic) bond motifs is 1. The Labute approximate surface area is 164 Å². The van der Waals surface area contributed by atoms with E-state index in [1.165, 1.54) is 5.56 Å². The molecule has 1 aliphatic heterocycles. The third-order valence-electron chi connectivity index (χ3n) is 5.10. The molecule has 0 bridgehead atoms. The van der Waals surface area contributed by atoms with Crippen molar-refractivity contribution in [1.82, 2.24) is 0 Å². The summed E-state index contributed by atoms with van der Waals surface area (Å²) in [5.74, 6) is -0.506. The van der Waals surface area contributed by atoms with Gasteiger partial charge in [-0.25, -0.2) is 0 Å². The van der Waals surface area contributed by atoms with Crippen molar-refractivity contribution in [2.75, 3.05) is 6.61 Å². The van der Waals surface area contributed by atoms with Crippen molar-refractivity contribution in [3.8, 4) is 0 Å². The number of carbonyl (C=O) groups is 1. The zero-order valence-corrected chi connectivity index (χ0v) is 16.5. The van der Waals surface area contributed by atoms with Gasteiger partial charge in [0, 0.05) is 30.4 Å². The molecule has 28 heavy (non-hydrogen) atoms. The Morgan fingerprint density at radius 3 is 2.79 bits per heavy atom. The normalized spacial score (nSPS) is 31.1. The zero-order chi connectivity index (χ0) is 20.4. The van der Waals surface area contributed by atoms with E-state index in [-0.39, 0.29) is 30.9 Å². The Morgan fingerprint density at radius 2 is 2.11 bits per heavy atom. The molecule has 0 aromatic heterocycles. The summed E-state index contributed by atoms with van der Waals surface area (Å²) in [7, 11) is 0. The molecule has 0 radical (unpaired) electrons. The minimum absolute atomic E-state index is 0.0308. The first kappa shape index (κ1) is 20.5. The standard InChI is InChI=1S/C21H28N2O5/c1-11(2)23-18-12(3)15-7-5-4-6-13(15)8-16(18)20(22)28-21-19(26)17(25)9-14(10-24)27-21/h4-7,11-12,14,17,21,24-25H,8-10,22H2,1-3H3/t12?,14-,17-,21-/m0/s1. The van der Waals surface area contributed by atoms with Crippen molar-refractivity contribution in [2.24, 2.45) is 10.7 Å². The molecule has 0 saturated carbocycles. The number of benzene rings is 1. The van der Waals surface area contributed by atoms with Crippen molar-refractivity contribution in [3.05, 3.63) is 46.8 Å². The molecule has 1 aromatic rings. The van der Waals surface area contributed by atoms with Gasteiger partial charge in [-0.1, -0.05) is 31.2 Å². The van der Waals surface area contributed by atoms with E-state index in [4.69, 9.17) is 20.2 Å². The summed E-state index contributed by atoms with van der Waals surface area (Å²) >= 11 is 0. The summed E-state index contributed by atoms with van der Waals surface area (Å²) in [4.78, 5) is 17.0. The number of allylic oxidation sites excluding steroid dienone is 1. The first-order valence-electron chi connectivity index (χ1n) is 9.61. The number of Topliss-reactive ketones (excluding diaryl/α,β-unsaturated/α-hetero) is 1. The molecule has 4 N–H and O–H groups in total. The van der Waals surface area contributed by atoms with E-state index in [0.29, 0.717) is 6.42 Å². The van der Waals surface area contributed by atoms with E-state index in [1.807, 2.05) is 32.0 Å². The van der Waals surface area contributed by atoms with Crippen LogP contribution in [0.25, 0.3) is 0 Å². The molecule has 0 spiro atoms. The molecule has 1 saturated heterocycles. The highest BCUT2D eigenvalue weighted by atomic mass is 16.7. The number of ether oxygens (including phenoxy) is 2. The molecule has 3 rings (SSSR count). The number of ketones is 1. The van der Waals surface area contributed by atoms with E-state index in [2.05, 4.69) is 13.0 Å². The van der Waals surface area contributed by atoms with E-state index in [1.54, 1.807) is 0 Å². The minimum atomic E-state index is -1.35. The molecule has 0 amide bonds. The lowest BCUT2D eigenvalue weighted by molar-refractivity contribution is -0.204. The number of aliphatic imine (C=N–C) groups is 1. The predicted molar refractivity (Wildman–Crippen MR) is 105 cm³/mol. The van der Waals surface area contributed by atoms with Crippen molar-refractivity contribution < 1.29 is 24.5 Å². The van der Waals surface area contributed by atoms with Crippen LogP contribution in [-0.4, -0.2) is 52.9 Å². The van der Waals surface area contributed by atoms with Gasteiger partial charge in [-0.05, 0) is 25.0 Å². The maximum Gasteiger partial charge on any atom is 0.264 e. The highest BCUT2D eigenvalue weighted by molar-refractivity contribution is 6.07. The number of aliphatic hydroxyl groups excluding tert-OH is 2. The number of hydrogen-bond acceptors (Lipinski definition) is 7. The monoisotopic (exact) mass is 388 g/mol. The van der Waals surface area contributed by atoms with Crippen LogP contribution >= 0.6 is 0 Å². The number of carbonyl (C=O) groups excluding carboxylic acids is 1. The van der Waals surface area contributed by atoms with Crippen molar-refractivity contribution in [2.45, 2.75) is 64.1 Å². The predicted octanol–water partition coefficient (Wildman–Crippen LogP) is 1.42. The summed E-state index contributed by atoms with van der Waals surface area (Å²) in [5.41, 5.74) is 10.1. The van der Waals surface area contributed by atoms with E-state index >= 15 is 0 Å². The van der Waals surface area contributed by atoms with Crippen molar-refractivity contribution >= 4 is 11.5 Å². The number of hydrogen-bond donors (Lipinski definition) is 3. The molecule has 7 nitrogen and oxygen atoms in total. The molecular weight excluding hydrogens is 360 g/mol. The fourth-order valence-electron chi connectivity index (χ4n) is 3.70. The molecule has 7 heteroatoms. The number of rotatable bonds is 4. The molecule has 1 aliphatic carbocycles. The Bertz CT molecular complexity index is 802. The van der Waals surface area contributed by atoms with Gasteiger partial charge in [-0.15, -0.1) is 0 Å². The van der Waals surface area contributed by atoms with Crippen LogP contribution in [0.3, 0.4) is 0 Å². The SMILES string of the molecule is CC(C)N=C1C(=C(N)O[C@@H]2O[C@H](CO)C[C@H](O)C2=O)Cc2ccccc2C1C. The molecular formula is C21H28N2O5. The topological polar surface area (TPSA) is 114 Å². The minimum Gasteiger partial charge on any atom is -0.442 e. The summed E-state index contributed by atoms with van der Waals surface area (Å²) in [5, 5.41) is 19.2. The van der Waals surface area contributed by atoms with E-state index in [0.717, 1.165) is 16.8 Å². The van der Waals surface area contributed by atoms with Crippen LogP contribution < -0.4 is 5.73 Å². The van der Waals surface area contributed by atoms with Crippen molar-refractivity contribution in [3.63, 3.8) is 0 Å². The van der Waals surface area contributed by atoms with Crippen molar-refractivity contribution in [1.29, 1.82) is 0 Å². The van der Waals surface area contributed by atoms with Gasteiger partial charge in [0.25, 0.3) is 6.29 Å². The smallest absolute Gasteiger partial charge is 0.264 e. The van der Waals surface area contributed by atoms with Crippen LogP contribution in [0.4, 0.5) is 0 Å². The Balaban J connectivity index is 1.96. The highest BCUT2D eigenvalue weighted by Gasteiger charge is 2.38. The lowest BCUT2D eigenvalue weighted by Gasteiger charge is -2.33. The summed E-state index contributed by atoms with van der Waals surface area (Å²) < 4.78 is 11.1. The summed E-state index contributed by atoms with van der Waals surface area (Å²) in [6, 6.07) is 8.17. The lowest BCUT2D eigenvalue weighted by Crippen LogP contribution is -2.47. The Kier molecular flexibility index (Phi) is 6.17. The van der Waals surface area contributed by atoms with Gasteiger partial charge in [0.15, 0.2) is 5.88 Å². The van der Waals surface area contributed by atoms with Crippen LogP contribution in [0.1, 0.15) is 44.2 Å². The molecule has 2 aliphatic rings. The maximum atomic E-state index is 12.2. The maximum absolute atomic E-state index is 12.2. The van der Waals surface area contributed by atoms with Crippen LogP contribution in [0, 0.1) is 0 Å². The fraction of sp³-hybridized carbons (Fsp3) is 0.524. The van der Waals surface area contributed by atoms with Crippen LogP contribution in [-0.2, 0) is 20.7 Å². The van der Waals surface area contributed by atoms with E-state index in [9.17, 15) is 15.0 Å². The van der Waals surface area contributed by atoms with Crippen LogP contribution in [0.2, 0.25) is 0 Å². The molecule has 1 fully saturated rings. The average Bonchev–Trinajstić information content (AvgIpc) is 2.66. The number of aliphatic hydroxyl groups is 2. The van der Waals surface area contributed by atoms with Gasteiger partial charge in [-0.3, -0.25) is 9.79 Å². The highest BCUT2D eigenvalue weighted by Crippen LogP contribution is 2.34. The van der Waals surface area contributed by atoms with Gasteiger partial charge < -0.3 is 25.4 Å². The number of nitrogens with two attached hydrogens (primary N) is 1. The first-order valence-corrected chi connectivity index (χ1v) is 9.61. The van der Waals surface area contributed by atoms with E-state index < -0.39 is 24.3 Å². The van der Waals surface area contributed by atoms with Gasteiger partial charge in [-0.2, -0.15) is 0 Å². The average molecular weight is 388 g/mol. The third-order valence-corrected chi connectivity index (χ3v) is 5.10.